The normalized spacial score (nSPS) is 13.1. The molecule has 0 saturated heterocycles. The standard InChI is InChI=1S/C8H15N3O3/c1-13-4-2-3-7-10-8(14-11-7)6(12)5-9/h6,12H,2-5,9H2,1H3. The Morgan fingerprint density at radius 1 is 1.64 bits per heavy atom. The maximum atomic E-state index is 9.27. The number of methoxy groups -OCH3 is 1. The van der Waals surface area contributed by atoms with Crippen molar-refractivity contribution in [2.24, 2.45) is 5.73 Å². The molecular formula is C8H15N3O3. The minimum absolute atomic E-state index is 0.0830. The van der Waals surface area contributed by atoms with Crippen molar-refractivity contribution in [2.45, 2.75) is 18.9 Å². The van der Waals surface area contributed by atoms with Crippen LogP contribution >= 0.6 is 0 Å². The molecule has 6 heteroatoms. The number of aliphatic hydroxyl groups excluding tert-OH is 1. The number of aromatic nitrogens is 2. The molecular weight excluding hydrogens is 186 g/mol. The van der Waals surface area contributed by atoms with Crippen LogP contribution in [-0.4, -0.2) is 35.5 Å². The van der Waals surface area contributed by atoms with Crippen molar-refractivity contribution in [3.05, 3.63) is 11.7 Å². The molecule has 0 spiro atoms. The minimum atomic E-state index is -0.862. The molecule has 1 unspecified atom stereocenters. The molecule has 0 saturated carbocycles. The zero-order valence-corrected chi connectivity index (χ0v) is 8.14. The average molecular weight is 201 g/mol. The third-order valence-corrected chi connectivity index (χ3v) is 1.74. The van der Waals surface area contributed by atoms with Gasteiger partial charge >= 0.3 is 0 Å². The van der Waals surface area contributed by atoms with E-state index >= 15 is 0 Å². The Bertz CT molecular complexity index is 264. The molecule has 80 valence electrons. The summed E-state index contributed by atoms with van der Waals surface area (Å²) in [5, 5.41) is 13.0. The molecule has 6 nitrogen and oxygen atoms in total. The van der Waals surface area contributed by atoms with Gasteiger partial charge in [0.25, 0.3) is 5.89 Å². The first kappa shape index (κ1) is 11.1. The van der Waals surface area contributed by atoms with Crippen LogP contribution in [0.5, 0.6) is 0 Å². The fraction of sp³-hybridized carbons (Fsp3) is 0.750. The van der Waals surface area contributed by atoms with E-state index in [1.54, 1.807) is 7.11 Å². The quantitative estimate of drug-likeness (QED) is 0.610. The summed E-state index contributed by atoms with van der Waals surface area (Å²) in [6.07, 6.45) is 0.640. The van der Waals surface area contributed by atoms with Gasteiger partial charge in [0.15, 0.2) is 5.82 Å². The highest BCUT2D eigenvalue weighted by Crippen LogP contribution is 2.08. The molecule has 0 bridgehead atoms. The third-order valence-electron chi connectivity index (χ3n) is 1.74. The van der Waals surface area contributed by atoms with Gasteiger partial charge in [0.05, 0.1) is 0 Å². The summed E-state index contributed by atoms with van der Waals surface area (Å²) in [6.45, 7) is 0.739. The van der Waals surface area contributed by atoms with Crippen molar-refractivity contribution in [3.8, 4) is 0 Å². The minimum Gasteiger partial charge on any atom is -0.385 e. The van der Waals surface area contributed by atoms with Crippen molar-refractivity contribution < 1.29 is 14.4 Å². The van der Waals surface area contributed by atoms with E-state index in [9.17, 15) is 5.11 Å². The SMILES string of the molecule is COCCCc1noc(C(O)CN)n1. The van der Waals surface area contributed by atoms with Gasteiger partial charge in [0, 0.05) is 26.7 Å². The number of nitrogens with zero attached hydrogens (tertiary/aromatic N) is 2. The summed E-state index contributed by atoms with van der Waals surface area (Å²) in [5.74, 6) is 0.754. The lowest BCUT2D eigenvalue weighted by atomic mass is 10.3. The first-order chi connectivity index (χ1) is 6.77. The Kier molecular flexibility index (Phi) is 4.51. The Labute approximate surface area is 82.1 Å². The zero-order chi connectivity index (χ0) is 10.4. The molecule has 14 heavy (non-hydrogen) atoms. The lowest BCUT2D eigenvalue weighted by Crippen LogP contribution is -2.11. The van der Waals surface area contributed by atoms with Crippen LogP contribution in [0.25, 0.3) is 0 Å². The van der Waals surface area contributed by atoms with Gasteiger partial charge in [-0.05, 0) is 6.42 Å². The van der Waals surface area contributed by atoms with E-state index in [4.69, 9.17) is 15.0 Å². The average Bonchev–Trinajstić information content (AvgIpc) is 2.66. The topological polar surface area (TPSA) is 94.4 Å². The van der Waals surface area contributed by atoms with E-state index in [-0.39, 0.29) is 12.4 Å². The van der Waals surface area contributed by atoms with E-state index in [1.165, 1.54) is 0 Å². The van der Waals surface area contributed by atoms with Gasteiger partial charge in [0.1, 0.15) is 6.10 Å². The Morgan fingerprint density at radius 3 is 3.07 bits per heavy atom. The van der Waals surface area contributed by atoms with Gasteiger partial charge in [-0.2, -0.15) is 4.98 Å². The number of hydrogen-bond donors (Lipinski definition) is 2. The van der Waals surface area contributed by atoms with E-state index in [1.807, 2.05) is 0 Å². The Morgan fingerprint density at radius 2 is 2.43 bits per heavy atom. The fourth-order valence-corrected chi connectivity index (χ4v) is 0.980. The van der Waals surface area contributed by atoms with Crippen LogP contribution in [0.2, 0.25) is 0 Å². The summed E-state index contributed by atoms with van der Waals surface area (Å²) in [5.41, 5.74) is 5.24. The number of nitrogens with two attached hydrogens (primary N) is 1. The number of aliphatic hydroxyl groups is 1. The largest absolute Gasteiger partial charge is 0.385 e. The molecule has 0 aliphatic heterocycles. The molecule has 0 aliphatic carbocycles. The second kappa shape index (κ2) is 5.69. The highest BCUT2D eigenvalue weighted by Gasteiger charge is 2.13. The summed E-state index contributed by atoms with van der Waals surface area (Å²) in [4.78, 5) is 3.99. The van der Waals surface area contributed by atoms with E-state index in [2.05, 4.69) is 10.1 Å². The van der Waals surface area contributed by atoms with Crippen molar-refractivity contribution in [3.63, 3.8) is 0 Å². The van der Waals surface area contributed by atoms with Gasteiger partial charge in [-0.3, -0.25) is 0 Å². The van der Waals surface area contributed by atoms with E-state index < -0.39 is 6.10 Å². The molecule has 0 aliphatic rings. The molecule has 1 aromatic heterocycles. The van der Waals surface area contributed by atoms with Crippen LogP contribution in [0, 0.1) is 0 Å². The second-order valence-corrected chi connectivity index (χ2v) is 2.90. The lowest BCUT2D eigenvalue weighted by Gasteiger charge is -1.98. The van der Waals surface area contributed by atoms with Crippen LogP contribution in [0.1, 0.15) is 24.2 Å². The molecule has 0 aromatic carbocycles. The maximum absolute atomic E-state index is 9.27. The highest BCUT2D eigenvalue weighted by atomic mass is 16.5. The number of ether oxygens (including phenoxy) is 1. The molecule has 0 amide bonds. The number of rotatable bonds is 6. The van der Waals surface area contributed by atoms with Crippen LogP contribution in [-0.2, 0) is 11.2 Å². The first-order valence-corrected chi connectivity index (χ1v) is 4.47. The predicted molar refractivity (Wildman–Crippen MR) is 48.5 cm³/mol. The van der Waals surface area contributed by atoms with Gasteiger partial charge in [-0.1, -0.05) is 5.16 Å². The predicted octanol–water partition coefficient (Wildman–Crippen LogP) is -0.359. The van der Waals surface area contributed by atoms with Crippen LogP contribution in [0.15, 0.2) is 4.52 Å². The van der Waals surface area contributed by atoms with Crippen molar-refractivity contribution >= 4 is 0 Å². The number of aryl methyl sites for hydroxylation is 1. The van der Waals surface area contributed by atoms with Gasteiger partial charge < -0.3 is 20.1 Å². The molecule has 1 atom stereocenters. The molecule has 3 N–H and O–H groups in total. The summed E-state index contributed by atoms with van der Waals surface area (Å²) in [7, 11) is 1.64. The van der Waals surface area contributed by atoms with Crippen molar-refractivity contribution in [1.82, 2.24) is 10.1 Å². The Hall–Kier alpha value is -0.980. The highest BCUT2D eigenvalue weighted by molar-refractivity contribution is 4.90. The van der Waals surface area contributed by atoms with E-state index in [0.29, 0.717) is 18.9 Å². The zero-order valence-electron chi connectivity index (χ0n) is 8.14. The fourth-order valence-electron chi connectivity index (χ4n) is 0.980. The monoisotopic (exact) mass is 201 g/mol. The summed E-state index contributed by atoms with van der Waals surface area (Å²) >= 11 is 0. The van der Waals surface area contributed by atoms with Crippen LogP contribution < -0.4 is 5.73 Å². The smallest absolute Gasteiger partial charge is 0.256 e. The molecule has 1 aromatic rings. The van der Waals surface area contributed by atoms with Crippen molar-refractivity contribution in [2.75, 3.05) is 20.3 Å². The Balaban J connectivity index is 2.42. The van der Waals surface area contributed by atoms with Gasteiger partial charge in [-0.25, -0.2) is 0 Å². The molecule has 1 rings (SSSR count). The van der Waals surface area contributed by atoms with Gasteiger partial charge in [0.2, 0.25) is 0 Å². The van der Waals surface area contributed by atoms with Crippen LogP contribution in [0.4, 0.5) is 0 Å². The second-order valence-electron chi connectivity index (χ2n) is 2.90. The summed E-state index contributed by atoms with van der Waals surface area (Å²) in [6, 6.07) is 0. The molecule has 0 radical (unpaired) electrons. The van der Waals surface area contributed by atoms with Crippen LogP contribution in [0.3, 0.4) is 0 Å². The summed E-state index contributed by atoms with van der Waals surface area (Å²) < 4.78 is 9.70. The number of hydrogen-bond acceptors (Lipinski definition) is 6. The molecule has 0 fully saturated rings. The third kappa shape index (κ3) is 3.06. The van der Waals surface area contributed by atoms with Crippen molar-refractivity contribution in [1.29, 1.82) is 0 Å². The first-order valence-electron chi connectivity index (χ1n) is 4.47. The van der Waals surface area contributed by atoms with Gasteiger partial charge in [-0.15, -0.1) is 0 Å². The van der Waals surface area contributed by atoms with E-state index in [0.717, 1.165) is 6.42 Å². The maximum Gasteiger partial charge on any atom is 0.256 e. The lowest BCUT2D eigenvalue weighted by molar-refractivity contribution is 0.141. The molecule has 1 heterocycles.